The lowest BCUT2D eigenvalue weighted by molar-refractivity contribution is 0.312. The van der Waals surface area contributed by atoms with Gasteiger partial charge in [-0.2, -0.15) is 4.98 Å². The number of aromatic nitrogens is 2. The maximum Gasteiger partial charge on any atom is 0.228 e. The summed E-state index contributed by atoms with van der Waals surface area (Å²) in [5.41, 5.74) is 6.22. The van der Waals surface area contributed by atoms with E-state index in [0.29, 0.717) is 18.1 Å². The summed E-state index contributed by atoms with van der Waals surface area (Å²) in [5, 5.41) is 3.72. The van der Waals surface area contributed by atoms with Crippen LogP contribution in [-0.4, -0.2) is 16.2 Å². The van der Waals surface area contributed by atoms with Crippen molar-refractivity contribution >= 4 is 0 Å². The minimum atomic E-state index is 0.0925. The second kappa shape index (κ2) is 4.09. The van der Waals surface area contributed by atoms with E-state index in [2.05, 4.69) is 30.9 Å². The Balaban J connectivity index is 2.45. The van der Waals surface area contributed by atoms with Gasteiger partial charge in [-0.05, 0) is 18.8 Å². The minimum absolute atomic E-state index is 0.0925. The van der Waals surface area contributed by atoms with Crippen LogP contribution in [0.1, 0.15) is 38.9 Å². The van der Waals surface area contributed by atoms with Crippen molar-refractivity contribution in [1.82, 2.24) is 10.1 Å². The van der Waals surface area contributed by atoms with Crippen LogP contribution in [0.3, 0.4) is 0 Å². The molecule has 0 saturated carbocycles. The molecule has 0 aliphatic heterocycles. The Morgan fingerprint density at radius 3 is 2.50 bits per heavy atom. The summed E-state index contributed by atoms with van der Waals surface area (Å²) >= 11 is 0. The highest BCUT2D eigenvalue weighted by atomic mass is 16.5. The van der Waals surface area contributed by atoms with Crippen molar-refractivity contribution < 1.29 is 4.52 Å². The lowest BCUT2D eigenvalue weighted by Crippen LogP contribution is -2.28. The van der Waals surface area contributed by atoms with Crippen molar-refractivity contribution in [3.63, 3.8) is 0 Å². The first-order chi connectivity index (χ1) is 6.37. The maximum absolute atomic E-state index is 5.97. The van der Waals surface area contributed by atoms with Crippen molar-refractivity contribution in [3.05, 3.63) is 11.7 Å². The van der Waals surface area contributed by atoms with Crippen molar-refractivity contribution in [2.24, 2.45) is 11.1 Å². The van der Waals surface area contributed by atoms with Gasteiger partial charge in [-0.1, -0.05) is 25.9 Å². The highest BCUT2D eigenvalue weighted by Crippen LogP contribution is 2.21. The third-order valence-electron chi connectivity index (χ3n) is 1.88. The molecule has 14 heavy (non-hydrogen) atoms. The zero-order valence-electron chi connectivity index (χ0n) is 9.37. The first-order valence-electron chi connectivity index (χ1n) is 4.91. The molecule has 4 heteroatoms. The fraction of sp³-hybridized carbons (Fsp3) is 0.800. The SMILES string of the molecule is Cc1noc(CC(N)CC(C)(C)C)n1. The molecular formula is C10H19N3O. The second-order valence-electron chi connectivity index (χ2n) is 4.96. The van der Waals surface area contributed by atoms with Crippen LogP contribution in [-0.2, 0) is 6.42 Å². The van der Waals surface area contributed by atoms with Gasteiger partial charge in [-0.15, -0.1) is 0 Å². The Morgan fingerprint density at radius 2 is 2.07 bits per heavy atom. The number of nitrogens with zero attached hydrogens (tertiary/aromatic N) is 2. The van der Waals surface area contributed by atoms with Crippen LogP contribution in [0.4, 0.5) is 0 Å². The van der Waals surface area contributed by atoms with E-state index in [4.69, 9.17) is 10.3 Å². The lowest BCUT2D eigenvalue weighted by Gasteiger charge is -2.21. The van der Waals surface area contributed by atoms with E-state index in [9.17, 15) is 0 Å². The van der Waals surface area contributed by atoms with E-state index in [1.54, 1.807) is 0 Å². The van der Waals surface area contributed by atoms with Gasteiger partial charge < -0.3 is 10.3 Å². The molecule has 0 radical (unpaired) electrons. The Kier molecular flexibility index (Phi) is 3.26. The summed E-state index contributed by atoms with van der Waals surface area (Å²) in [7, 11) is 0. The van der Waals surface area contributed by atoms with Crippen LogP contribution in [0.25, 0.3) is 0 Å². The van der Waals surface area contributed by atoms with E-state index in [0.717, 1.165) is 6.42 Å². The average Bonchev–Trinajstić information content (AvgIpc) is 2.30. The Bertz CT molecular complexity index is 288. The summed E-state index contributed by atoms with van der Waals surface area (Å²) in [4.78, 5) is 4.12. The molecule has 1 aromatic heterocycles. The number of nitrogens with two attached hydrogens (primary N) is 1. The predicted octanol–water partition coefficient (Wildman–Crippen LogP) is 1.68. The number of aryl methyl sites for hydroxylation is 1. The van der Waals surface area contributed by atoms with Crippen LogP contribution >= 0.6 is 0 Å². The molecule has 0 aliphatic rings. The standard InChI is InChI=1S/C10H19N3O/c1-7-12-9(14-13-7)5-8(11)6-10(2,3)4/h8H,5-6,11H2,1-4H3. The molecule has 1 rings (SSSR count). The van der Waals surface area contributed by atoms with E-state index >= 15 is 0 Å². The van der Waals surface area contributed by atoms with Crippen molar-refractivity contribution in [1.29, 1.82) is 0 Å². The van der Waals surface area contributed by atoms with Crippen molar-refractivity contribution in [2.45, 2.75) is 46.6 Å². The molecule has 0 aliphatic carbocycles. The maximum atomic E-state index is 5.97. The Labute approximate surface area is 84.9 Å². The minimum Gasteiger partial charge on any atom is -0.339 e. The van der Waals surface area contributed by atoms with Gasteiger partial charge >= 0.3 is 0 Å². The van der Waals surface area contributed by atoms with Gasteiger partial charge in [0.2, 0.25) is 5.89 Å². The molecule has 80 valence electrons. The van der Waals surface area contributed by atoms with Gasteiger partial charge in [0.25, 0.3) is 0 Å². The van der Waals surface area contributed by atoms with Crippen LogP contribution in [0.2, 0.25) is 0 Å². The molecule has 0 amide bonds. The van der Waals surface area contributed by atoms with E-state index < -0.39 is 0 Å². The molecule has 0 spiro atoms. The fourth-order valence-corrected chi connectivity index (χ4v) is 1.51. The topological polar surface area (TPSA) is 64.9 Å². The Morgan fingerprint density at radius 1 is 1.43 bits per heavy atom. The van der Waals surface area contributed by atoms with Crippen LogP contribution in [0.5, 0.6) is 0 Å². The molecule has 4 nitrogen and oxygen atoms in total. The normalized spacial score (nSPS) is 14.4. The zero-order valence-corrected chi connectivity index (χ0v) is 9.37. The molecule has 0 fully saturated rings. The monoisotopic (exact) mass is 197 g/mol. The summed E-state index contributed by atoms with van der Waals surface area (Å²) in [6.45, 7) is 8.33. The van der Waals surface area contributed by atoms with Crippen LogP contribution < -0.4 is 5.73 Å². The molecule has 1 aromatic rings. The highest BCUT2D eigenvalue weighted by Gasteiger charge is 2.17. The molecule has 2 N–H and O–H groups in total. The fourth-order valence-electron chi connectivity index (χ4n) is 1.51. The largest absolute Gasteiger partial charge is 0.339 e. The quantitative estimate of drug-likeness (QED) is 0.800. The third-order valence-corrected chi connectivity index (χ3v) is 1.88. The van der Waals surface area contributed by atoms with Gasteiger partial charge in [0.1, 0.15) is 0 Å². The smallest absolute Gasteiger partial charge is 0.228 e. The molecular weight excluding hydrogens is 178 g/mol. The van der Waals surface area contributed by atoms with Gasteiger partial charge in [0, 0.05) is 12.5 Å². The van der Waals surface area contributed by atoms with Gasteiger partial charge in [-0.3, -0.25) is 0 Å². The Hall–Kier alpha value is -0.900. The van der Waals surface area contributed by atoms with E-state index in [1.807, 2.05) is 6.92 Å². The summed E-state index contributed by atoms with van der Waals surface area (Å²) < 4.78 is 5.01. The average molecular weight is 197 g/mol. The highest BCUT2D eigenvalue weighted by molar-refractivity contribution is 4.87. The van der Waals surface area contributed by atoms with Crippen molar-refractivity contribution in [3.8, 4) is 0 Å². The first kappa shape index (κ1) is 11.2. The van der Waals surface area contributed by atoms with Crippen LogP contribution in [0.15, 0.2) is 4.52 Å². The number of hydrogen-bond donors (Lipinski definition) is 1. The molecule has 0 bridgehead atoms. The number of rotatable bonds is 3. The number of hydrogen-bond acceptors (Lipinski definition) is 4. The lowest BCUT2D eigenvalue weighted by atomic mass is 9.87. The van der Waals surface area contributed by atoms with E-state index in [-0.39, 0.29) is 11.5 Å². The van der Waals surface area contributed by atoms with E-state index in [1.165, 1.54) is 0 Å². The van der Waals surface area contributed by atoms with Crippen molar-refractivity contribution in [2.75, 3.05) is 0 Å². The third kappa shape index (κ3) is 3.87. The second-order valence-corrected chi connectivity index (χ2v) is 4.96. The van der Waals surface area contributed by atoms with Gasteiger partial charge in [0.05, 0.1) is 0 Å². The van der Waals surface area contributed by atoms with Gasteiger partial charge in [-0.25, -0.2) is 0 Å². The van der Waals surface area contributed by atoms with Crippen LogP contribution in [0, 0.1) is 12.3 Å². The molecule has 1 atom stereocenters. The molecule has 0 aromatic carbocycles. The summed E-state index contributed by atoms with van der Waals surface area (Å²) in [6.07, 6.45) is 1.62. The molecule has 1 heterocycles. The summed E-state index contributed by atoms with van der Waals surface area (Å²) in [5.74, 6) is 1.31. The molecule has 0 saturated heterocycles. The zero-order chi connectivity index (χ0) is 10.8. The summed E-state index contributed by atoms with van der Waals surface area (Å²) in [6, 6.07) is 0.0925. The first-order valence-corrected chi connectivity index (χ1v) is 4.91. The molecule has 1 unspecified atom stereocenters. The predicted molar refractivity (Wildman–Crippen MR) is 54.8 cm³/mol. The van der Waals surface area contributed by atoms with Gasteiger partial charge in [0.15, 0.2) is 5.82 Å².